The second-order valence-corrected chi connectivity index (χ2v) is 5.77. The van der Waals surface area contributed by atoms with Gasteiger partial charge in [0.2, 0.25) is 0 Å². The van der Waals surface area contributed by atoms with Crippen molar-refractivity contribution in [2.75, 3.05) is 4.72 Å². The van der Waals surface area contributed by atoms with Gasteiger partial charge in [-0.2, -0.15) is 5.10 Å². The molecule has 2 heterocycles. The second-order valence-electron chi connectivity index (χ2n) is 3.73. The van der Waals surface area contributed by atoms with E-state index in [9.17, 15) is 8.42 Å². The minimum absolute atomic E-state index is 0.108. The van der Waals surface area contributed by atoms with Crippen LogP contribution in [0.5, 0.6) is 0 Å². The second kappa shape index (κ2) is 4.58. The molecule has 2 aromatic rings. The third-order valence-corrected chi connectivity index (χ3v) is 4.06. The van der Waals surface area contributed by atoms with E-state index in [-0.39, 0.29) is 4.90 Å². The lowest BCUT2D eigenvalue weighted by Crippen LogP contribution is -2.14. The first-order valence-electron chi connectivity index (χ1n) is 5.06. The number of aromatic nitrogens is 3. The monoisotopic (exact) mass is 286 g/mol. The maximum atomic E-state index is 12.1. The highest BCUT2D eigenvalue weighted by atomic mass is 35.5. The van der Waals surface area contributed by atoms with Gasteiger partial charge >= 0.3 is 0 Å². The number of halogens is 1. The van der Waals surface area contributed by atoms with Gasteiger partial charge in [-0.1, -0.05) is 11.6 Å². The molecule has 0 spiro atoms. The van der Waals surface area contributed by atoms with E-state index in [1.54, 1.807) is 19.9 Å². The van der Waals surface area contributed by atoms with E-state index in [4.69, 9.17) is 11.6 Å². The summed E-state index contributed by atoms with van der Waals surface area (Å²) in [4.78, 5) is 4.08. The summed E-state index contributed by atoms with van der Waals surface area (Å²) < 4.78 is 26.6. The Hall–Kier alpha value is -1.60. The largest absolute Gasteiger partial charge is 0.281 e. The van der Waals surface area contributed by atoms with Crippen LogP contribution in [0.2, 0.25) is 5.15 Å². The molecule has 0 saturated carbocycles. The van der Waals surface area contributed by atoms with Gasteiger partial charge in [0, 0.05) is 0 Å². The van der Waals surface area contributed by atoms with Crippen molar-refractivity contribution in [3.05, 3.63) is 34.9 Å². The number of sulfonamides is 1. The van der Waals surface area contributed by atoms with E-state index < -0.39 is 10.0 Å². The van der Waals surface area contributed by atoms with Crippen molar-refractivity contribution in [2.45, 2.75) is 18.7 Å². The van der Waals surface area contributed by atoms with Gasteiger partial charge in [0.15, 0.2) is 0 Å². The molecule has 0 unspecified atom stereocenters. The lowest BCUT2D eigenvalue weighted by atomic mass is 10.3. The minimum atomic E-state index is -3.66. The molecule has 0 aliphatic heterocycles. The summed E-state index contributed by atoms with van der Waals surface area (Å²) in [6, 6.07) is 3.09. The molecule has 0 radical (unpaired) electrons. The number of hydrogen-bond donors (Lipinski definition) is 2. The van der Waals surface area contributed by atoms with Crippen LogP contribution in [0.15, 0.2) is 23.2 Å². The normalized spacial score (nSPS) is 11.5. The van der Waals surface area contributed by atoms with E-state index in [0.717, 1.165) is 0 Å². The zero-order valence-corrected chi connectivity index (χ0v) is 11.3. The van der Waals surface area contributed by atoms with Crippen molar-refractivity contribution in [1.82, 2.24) is 15.2 Å². The number of anilines is 1. The molecule has 96 valence electrons. The van der Waals surface area contributed by atoms with Crippen LogP contribution in [-0.2, 0) is 10.0 Å². The van der Waals surface area contributed by atoms with Crippen molar-refractivity contribution in [2.24, 2.45) is 0 Å². The lowest BCUT2D eigenvalue weighted by molar-refractivity contribution is 0.600. The molecule has 0 saturated heterocycles. The molecule has 2 aromatic heterocycles. The molecule has 0 bridgehead atoms. The number of aromatic amines is 1. The Bertz CT molecular complexity index is 681. The van der Waals surface area contributed by atoms with E-state index >= 15 is 0 Å². The summed E-state index contributed by atoms with van der Waals surface area (Å²) in [7, 11) is -3.66. The van der Waals surface area contributed by atoms with E-state index in [1.165, 1.54) is 12.3 Å². The van der Waals surface area contributed by atoms with Crippen molar-refractivity contribution in [3.8, 4) is 0 Å². The van der Waals surface area contributed by atoms with Crippen LogP contribution in [0.1, 0.15) is 11.4 Å². The first-order valence-corrected chi connectivity index (χ1v) is 6.92. The molecule has 18 heavy (non-hydrogen) atoms. The van der Waals surface area contributed by atoms with Gasteiger partial charge in [-0.05, 0) is 26.0 Å². The van der Waals surface area contributed by atoms with Crippen molar-refractivity contribution >= 4 is 27.3 Å². The topological polar surface area (TPSA) is 87.7 Å². The summed E-state index contributed by atoms with van der Waals surface area (Å²) in [5, 5.41) is 6.58. The van der Waals surface area contributed by atoms with Crippen LogP contribution in [0.3, 0.4) is 0 Å². The Morgan fingerprint density at radius 2 is 2.06 bits per heavy atom. The Balaban J connectivity index is 2.37. The third-order valence-electron chi connectivity index (χ3n) is 2.37. The fourth-order valence-corrected chi connectivity index (χ4v) is 2.89. The summed E-state index contributed by atoms with van der Waals surface area (Å²) in [5.41, 5.74) is 1.37. The van der Waals surface area contributed by atoms with E-state index in [0.29, 0.717) is 22.2 Å². The molecule has 8 heteroatoms. The van der Waals surface area contributed by atoms with Gasteiger partial charge in [-0.15, -0.1) is 0 Å². The fraction of sp³-hybridized carbons (Fsp3) is 0.200. The third kappa shape index (κ3) is 2.46. The average molecular weight is 287 g/mol. The summed E-state index contributed by atoms with van der Waals surface area (Å²) in [5.74, 6) is 0. The molecule has 0 atom stereocenters. The quantitative estimate of drug-likeness (QED) is 0.843. The average Bonchev–Trinajstić information content (AvgIpc) is 2.69. The van der Waals surface area contributed by atoms with Crippen molar-refractivity contribution in [3.63, 3.8) is 0 Å². The van der Waals surface area contributed by atoms with Gasteiger partial charge in [-0.25, -0.2) is 13.4 Å². The smallest absolute Gasteiger partial charge is 0.265 e. The molecule has 6 nitrogen and oxygen atoms in total. The molecule has 2 rings (SSSR count). The molecule has 0 aromatic carbocycles. The highest BCUT2D eigenvalue weighted by Crippen LogP contribution is 2.20. The number of nitrogens with one attached hydrogen (secondary N) is 2. The zero-order valence-electron chi connectivity index (χ0n) is 9.73. The Morgan fingerprint density at radius 1 is 1.33 bits per heavy atom. The van der Waals surface area contributed by atoms with Gasteiger partial charge in [-0.3, -0.25) is 9.82 Å². The van der Waals surface area contributed by atoms with Crippen LogP contribution in [0.4, 0.5) is 5.69 Å². The van der Waals surface area contributed by atoms with Crippen LogP contribution < -0.4 is 4.72 Å². The maximum absolute atomic E-state index is 12.1. The minimum Gasteiger partial charge on any atom is -0.281 e. The lowest BCUT2D eigenvalue weighted by Gasteiger charge is -2.09. The standard InChI is InChI=1S/C10H11ClN4O2S/c1-6-8(3-4-10(11)13-6)15-18(16,17)9-5-12-14-7(9)2/h3-5,15H,1-2H3,(H,12,14). The van der Waals surface area contributed by atoms with Crippen molar-refractivity contribution < 1.29 is 8.42 Å². The van der Waals surface area contributed by atoms with Gasteiger partial charge < -0.3 is 0 Å². The summed E-state index contributed by atoms with van der Waals surface area (Å²) in [6.07, 6.45) is 1.26. The predicted molar refractivity (Wildman–Crippen MR) is 68.1 cm³/mol. The Morgan fingerprint density at radius 3 is 2.61 bits per heavy atom. The fourth-order valence-electron chi connectivity index (χ4n) is 1.45. The van der Waals surface area contributed by atoms with E-state index in [1.807, 2.05) is 0 Å². The molecule has 0 amide bonds. The molecular weight excluding hydrogens is 276 g/mol. The van der Waals surface area contributed by atoms with Crippen molar-refractivity contribution in [1.29, 1.82) is 0 Å². The molecule has 0 aliphatic carbocycles. The van der Waals surface area contributed by atoms with Gasteiger partial charge in [0.25, 0.3) is 10.0 Å². The molecule has 0 fully saturated rings. The van der Waals surface area contributed by atoms with Gasteiger partial charge in [0.05, 0.1) is 23.3 Å². The van der Waals surface area contributed by atoms with Crippen LogP contribution >= 0.6 is 11.6 Å². The molecular formula is C10H11ClN4O2S. The zero-order chi connectivity index (χ0) is 13.3. The highest BCUT2D eigenvalue weighted by Gasteiger charge is 2.19. The number of aryl methyl sites for hydroxylation is 2. The Labute approximate surface area is 109 Å². The summed E-state index contributed by atoms with van der Waals surface area (Å²) >= 11 is 5.71. The number of rotatable bonds is 3. The van der Waals surface area contributed by atoms with E-state index in [2.05, 4.69) is 19.9 Å². The molecule has 2 N–H and O–H groups in total. The highest BCUT2D eigenvalue weighted by molar-refractivity contribution is 7.92. The van der Waals surface area contributed by atoms with Gasteiger partial charge in [0.1, 0.15) is 10.0 Å². The van der Waals surface area contributed by atoms with Crippen LogP contribution in [-0.4, -0.2) is 23.6 Å². The predicted octanol–water partition coefficient (Wildman–Crippen LogP) is 1.88. The number of H-pyrrole nitrogens is 1. The SMILES string of the molecule is Cc1nc(Cl)ccc1NS(=O)(=O)c1cn[nH]c1C. The number of hydrogen-bond acceptors (Lipinski definition) is 4. The first-order chi connectivity index (χ1) is 8.40. The van der Waals surface area contributed by atoms with Crippen LogP contribution in [0.25, 0.3) is 0 Å². The summed E-state index contributed by atoms with van der Waals surface area (Å²) in [6.45, 7) is 3.31. The molecule has 0 aliphatic rings. The Kier molecular flexibility index (Phi) is 3.27. The van der Waals surface area contributed by atoms with Crippen LogP contribution in [0, 0.1) is 13.8 Å². The number of pyridine rings is 1. The maximum Gasteiger partial charge on any atom is 0.265 e. The number of nitrogens with zero attached hydrogens (tertiary/aromatic N) is 2. The first kappa shape index (κ1) is 12.8.